The summed E-state index contributed by atoms with van der Waals surface area (Å²) >= 11 is 12.1. The molecule has 0 fully saturated rings. The summed E-state index contributed by atoms with van der Waals surface area (Å²) in [5.41, 5.74) is 0.235. The molecule has 0 bridgehead atoms. The Labute approximate surface area is 179 Å². The number of hydrogen-bond acceptors (Lipinski definition) is 7. The summed E-state index contributed by atoms with van der Waals surface area (Å²) in [4.78, 5) is 17.0. The Morgan fingerprint density at radius 2 is 1.83 bits per heavy atom. The molecule has 1 aliphatic rings. The van der Waals surface area contributed by atoms with Crippen LogP contribution in [0.1, 0.15) is 20.3 Å². The normalized spacial score (nSPS) is 16.3. The number of benzene rings is 1. The lowest BCUT2D eigenvalue weighted by Crippen LogP contribution is -2.18. The number of oxime groups is 1. The second-order valence-electron chi connectivity index (χ2n) is 5.77. The van der Waals surface area contributed by atoms with Crippen molar-refractivity contribution in [1.82, 2.24) is 0 Å². The zero-order chi connectivity index (χ0) is 21.3. The topological polar surface area (TPSA) is 83.4 Å². The highest BCUT2D eigenvalue weighted by molar-refractivity contribution is 7.73. The maximum absolute atomic E-state index is 13.2. The molecule has 158 valence electrons. The largest absolute Gasteiger partial charge is 0.482 e. The van der Waals surface area contributed by atoms with Crippen molar-refractivity contribution in [1.29, 1.82) is 0 Å². The summed E-state index contributed by atoms with van der Waals surface area (Å²) in [5, 5.41) is 3.78. The van der Waals surface area contributed by atoms with Crippen LogP contribution in [0.2, 0.25) is 0 Å². The summed E-state index contributed by atoms with van der Waals surface area (Å²) in [6.45, 7) is 3.16. The quantitative estimate of drug-likeness (QED) is 0.155. The van der Waals surface area contributed by atoms with Crippen LogP contribution in [0.15, 0.2) is 59.3 Å². The molecule has 0 heterocycles. The van der Waals surface area contributed by atoms with Gasteiger partial charge in [-0.25, -0.2) is 4.79 Å². The third-order valence-electron chi connectivity index (χ3n) is 3.55. The molecular weight excluding hydrogens is 440 g/mol. The van der Waals surface area contributed by atoms with Crippen LogP contribution in [-0.2, 0) is 23.2 Å². The van der Waals surface area contributed by atoms with E-state index in [4.69, 9.17) is 41.8 Å². The molecule has 0 unspecified atom stereocenters. The van der Waals surface area contributed by atoms with E-state index in [0.29, 0.717) is 11.3 Å². The number of para-hydroxylation sites is 1. The van der Waals surface area contributed by atoms with Crippen LogP contribution < -0.4 is 4.74 Å². The van der Waals surface area contributed by atoms with Crippen molar-refractivity contribution in [2.45, 2.75) is 24.6 Å². The first-order valence-electron chi connectivity index (χ1n) is 8.92. The number of alkyl halides is 2. The lowest BCUT2D eigenvalue weighted by Gasteiger charge is -2.22. The van der Waals surface area contributed by atoms with Gasteiger partial charge in [-0.3, -0.25) is 4.57 Å². The number of halogens is 2. The molecule has 29 heavy (non-hydrogen) atoms. The van der Waals surface area contributed by atoms with Crippen molar-refractivity contribution >= 4 is 42.2 Å². The first kappa shape index (κ1) is 23.6. The SMILES string of the molecule is CCOP(=O)(OCC)C(=NOC(=O)COc1ccccc1)C1=CCC(Cl)(Cl)C=C1. The molecule has 0 amide bonds. The monoisotopic (exact) mass is 461 g/mol. The summed E-state index contributed by atoms with van der Waals surface area (Å²) in [7, 11) is -3.85. The minimum Gasteiger partial charge on any atom is -0.482 e. The van der Waals surface area contributed by atoms with Crippen molar-refractivity contribution < 1.29 is 28.0 Å². The Balaban J connectivity index is 2.20. The molecule has 0 atom stereocenters. The molecule has 1 aromatic carbocycles. The van der Waals surface area contributed by atoms with Crippen LogP contribution in [0.4, 0.5) is 0 Å². The molecule has 0 aliphatic heterocycles. The molecule has 1 aromatic rings. The molecule has 0 aromatic heterocycles. The number of nitrogens with zero attached hydrogens (tertiary/aromatic N) is 1. The second-order valence-corrected chi connectivity index (χ2v) is 9.25. The molecule has 7 nitrogen and oxygen atoms in total. The van der Waals surface area contributed by atoms with Crippen LogP contribution in [0, 0.1) is 0 Å². The van der Waals surface area contributed by atoms with Gasteiger partial charge in [0.25, 0.3) is 0 Å². The Morgan fingerprint density at radius 3 is 2.38 bits per heavy atom. The van der Waals surface area contributed by atoms with Gasteiger partial charge in [-0.2, -0.15) is 0 Å². The highest BCUT2D eigenvalue weighted by Crippen LogP contribution is 2.53. The second kappa shape index (κ2) is 11.0. The van der Waals surface area contributed by atoms with E-state index in [1.54, 1.807) is 44.2 Å². The van der Waals surface area contributed by atoms with Crippen molar-refractivity contribution in [3.8, 4) is 5.75 Å². The molecule has 1 aliphatic carbocycles. The van der Waals surface area contributed by atoms with Crippen molar-refractivity contribution in [2.24, 2.45) is 5.16 Å². The van der Waals surface area contributed by atoms with Crippen LogP contribution in [0.5, 0.6) is 5.75 Å². The minimum absolute atomic E-state index is 0.104. The molecule has 0 spiro atoms. The number of ether oxygens (including phenoxy) is 1. The van der Waals surface area contributed by atoms with E-state index in [1.165, 1.54) is 12.2 Å². The van der Waals surface area contributed by atoms with Gasteiger partial charge in [-0.15, -0.1) is 0 Å². The van der Waals surface area contributed by atoms with Gasteiger partial charge in [0.05, 0.1) is 13.2 Å². The van der Waals surface area contributed by atoms with Gasteiger partial charge in [-0.1, -0.05) is 58.7 Å². The first-order chi connectivity index (χ1) is 13.8. The molecule has 0 radical (unpaired) electrons. The van der Waals surface area contributed by atoms with Crippen molar-refractivity contribution in [3.63, 3.8) is 0 Å². The molecule has 2 rings (SSSR count). The molecule has 0 saturated carbocycles. The third kappa shape index (κ3) is 7.28. The Bertz CT molecular complexity index is 828. The predicted octanol–water partition coefficient (Wildman–Crippen LogP) is 5.25. The summed E-state index contributed by atoms with van der Waals surface area (Å²) < 4.78 is 28.1. The number of rotatable bonds is 10. The average Bonchev–Trinajstić information content (AvgIpc) is 2.68. The average molecular weight is 462 g/mol. The number of hydrogen-bond donors (Lipinski definition) is 0. The van der Waals surface area contributed by atoms with Crippen LogP contribution in [-0.4, -0.2) is 35.6 Å². The zero-order valence-electron chi connectivity index (χ0n) is 16.0. The fourth-order valence-electron chi connectivity index (χ4n) is 2.30. The van der Waals surface area contributed by atoms with E-state index in [-0.39, 0.29) is 31.7 Å². The van der Waals surface area contributed by atoms with E-state index in [2.05, 4.69) is 5.16 Å². The van der Waals surface area contributed by atoms with Crippen molar-refractivity contribution in [2.75, 3.05) is 19.8 Å². The van der Waals surface area contributed by atoms with Gasteiger partial charge in [-0.05, 0) is 32.1 Å². The van der Waals surface area contributed by atoms with Gasteiger partial charge < -0.3 is 18.6 Å². The lowest BCUT2D eigenvalue weighted by atomic mass is 10.1. The van der Waals surface area contributed by atoms with E-state index in [0.717, 1.165) is 0 Å². The first-order valence-corrected chi connectivity index (χ1v) is 11.2. The summed E-state index contributed by atoms with van der Waals surface area (Å²) in [5.74, 6) is -0.281. The van der Waals surface area contributed by atoms with E-state index < -0.39 is 17.9 Å². The zero-order valence-corrected chi connectivity index (χ0v) is 18.5. The molecule has 0 N–H and O–H groups in total. The fourth-order valence-corrected chi connectivity index (χ4v) is 4.20. The highest BCUT2D eigenvalue weighted by atomic mass is 35.5. The Hall–Kier alpha value is -1.63. The predicted molar refractivity (Wildman–Crippen MR) is 113 cm³/mol. The maximum atomic E-state index is 13.2. The van der Waals surface area contributed by atoms with Crippen LogP contribution in [0.3, 0.4) is 0 Å². The van der Waals surface area contributed by atoms with Gasteiger partial charge in [0.2, 0.25) is 0 Å². The van der Waals surface area contributed by atoms with E-state index >= 15 is 0 Å². The molecular formula is C19H22Cl2NO6P. The Kier molecular flexibility index (Phi) is 8.93. The number of carbonyl (C=O) groups is 1. The van der Waals surface area contributed by atoms with Crippen LogP contribution >= 0.6 is 30.8 Å². The van der Waals surface area contributed by atoms with Gasteiger partial charge in [0.1, 0.15) is 10.1 Å². The standard InChI is InChI=1S/C19H22Cl2NO6P/c1-3-26-29(24,27-4-2)18(15-10-12-19(20,21)13-11-15)22-28-17(23)14-25-16-8-6-5-7-9-16/h5-12H,3-4,13-14H2,1-2H3. The van der Waals surface area contributed by atoms with Gasteiger partial charge in [0.15, 0.2) is 12.1 Å². The molecule has 10 heteroatoms. The van der Waals surface area contributed by atoms with E-state index in [1.807, 2.05) is 6.07 Å². The minimum atomic E-state index is -3.85. The van der Waals surface area contributed by atoms with Gasteiger partial charge in [0, 0.05) is 12.0 Å². The number of carbonyl (C=O) groups excluding carboxylic acids is 1. The lowest BCUT2D eigenvalue weighted by molar-refractivity contribution is -0.145. The fraction of sp³-hybridized carbons (Fsp3) is 0.368. The highest BCUT2D eigenvalue weighted by Gasteiger charge is 2.36. The maximum Gasteiger partial charge on any atom is 0.383 e. The third-order valence-corrected chi connectivity index (χ3v) is 6.17. The van der Waals surface area contributed by atoms with Crippen molar-refractivity contribution in [3.05, 3.63) is 54.1 Å². The van der Waals surface area contributed by atoms with E-state index in [9.17, 15) is 9.36 Å². The summed E-state index contributed by atoms with van der Waals surface area (Å²) in [6.07, 6.45) is 4.91. The Morgan fingerprint density at radius 1 is 1.17 bits per heavy atom. The molecule has 0 saturated heterocycles. The van der Waals surface area contributed by atoms with Crippen LogP contribution in [0.25, 0.3) is 0 Å². The smallest absolute Gasteiger partial charge is 0.383 e. The number of allylic oxidation sites excluding steroid dienone is 4. The summed E-state index contributed by atoms with van der Waals surface area (Å²) in [6, 6.07) is 8.76. The van der Waals surface area contributed by atoms with Gasteiger partial charge >= 0.3 is 13.6 Å².